The molecule has 2 aromatic rings. The molecule has 32 heavy (non-hydrogen) atoms. The summed E-state index contributed by atoms with van der Waals surface area (Å²) < 4.78 is 0. The summed E-state index contributed by atoms with van der Waals surface area (Å²) in [6, 6.07) is 15.5. The highest BCUT2D eigenvalue weighted by atomic mass is 16.2. The molecule has 5 nitrogen and oxygen atoms in total. The van der Waals surface area contributed by atoms with Crippen LogP contribution < -0.4 is 16.0 Å². The van der Waals surface area contributed by atoms with Crippen molar-refractivity contribution in [3.63, 3.8) is 0 Å². The number of nitrogens with one attached hydrogen (secondary N) is 3. The Bertz CT molecular complexity index is 980. The van der Waals surface area contributed by atoms with Gasteiger partial charge in [-0.3, -0.25) is 9.59 Å². The van der Waals surface area contributed by atoms with Crippen molar-refractivity contribution >= 4 is 23.2 Å². The first-order valence-electron chi connectivity index (χ1n) is 12.0. The molecule has 0 heterocycles. The van der Waals surface area contributed by atoms with E-state index in [1.54, 1.807) is 6.07 Å². The molecule has 0 aliphatic heterocycles. The summed E-state index contributed by atoms with van der Waals surface area (Å²) >= 11 is 0. The maximum absolute atomic E-state index is 12.6. The normalized spacial score (nSPS) is 27.7. The lowest BCUT2D eigenvalue weighted by atomic mass is 9.53. The van der Waals surface area contributed by atoms with Crippen LogP contribution in [0.15, 0.2) is 48.5 Å². The summed E-state index contributed by atoms with van der Waals surface area (Å²) in [6.45, 7) is 2.22. The van der Waals surface area contributed by atoms with Gasteiger partial charge in [-0.1, -0.05) is 30.3 Å². The van der Waals surface area contributed by atoms with Crippen molar-refractivity contribution in [1.82, 2.24) is 5.32 Å². The number of carbonyl (C=O) groups is 2. The van der Waals surface area contributed by atoms with E-state index in [1.165, 1.54) is 38.5 Å². The molecule has 0 unspecified atom stereocenters. The highest BCUT2D eigenvalue weighted by molar-refractivity contribution is 5.97. The Morgan fingerprint density at radius 2 is 1.47 bits per heavy atom. The predicted octanol–water partition coefficient (Wildman–Crippen LogP) is 5.13. The van der Waals surface area contributed by atoms with Crippen LogP contribution in [0.3, 0.4) is 0 Å². The number of carbonyl (C=O) groups excluding carboxylic acids is 2. The lowest BCUT2D eigenvalue weighted by molar-refractivity contribution is -0.116. The van der Waals surface area contributed by atoms with E-state index in [-0.39, 0.29) is 23.8 Å². The van der Waals surface area contributed by atoms with Crippen molar-refractivity contribution < 1.29 is 9.59 Å². The molecule has 0 saturated heterocycles. The second-order valence-corrected chi connectivity index (χ2v) is 10.2. The molecule has 6 rings (SSSR count). The summed E-state index contributed by atoms with van der Waals surface area (Å²) in [6.07, 6.45) is 8.24. The fourth-order valence-corrected chi connectivity index (χ4v) is 6.68. The Kier molecular flexibility index (Phi) is 5.66. The van der Waals surface area contributed by atoms with Crippen molar-refractivity contribution in [1.29, 1.82) is 0 Å². The second kappa shape index (κ2) is 8.61. The molecule has 4 aliphatic rings. The van der Waals surface area contributed by atoms with Crippen LogP contribution in [0.25, 0.3) is 0 Å². The number of aryl methyl sites for hydroxylation is 1. The van der Waals surface area contributed by atoms with Gasteiger partial charge in [-0.05, 0) is 87.0 Å². The zero-order chi connectivity index (χ0) is 22.1. The predicted molar refractivity (Wildman–Crippen MR) is 128 cm³/mol. The minimum atomic E-state index is -0.139. The van der Waals surface area contributed by atoms with Crippen LogP contribution >= 0.6 is 0 Å². The zero-order valence-electron chi connectivity index (χ0n) is 18.8. The van der Waals surface area contributed by atoms with Gasteiger partial charge in [-0.25, -0.2) is 0 Å². The molecule has 4 bridgehead atoms. The van der Waals surface area contributed by atoms with Crippen molar-refractivity contribution in [3.05, 3.63) is 59.7 Å². The molecule has 0 aromatic heterocycles. The first kappa shape index (κ1) is 21.0. The Balaban J connectivity index is 1.18. The average Bonchev–Trinajstić information content (AvgIpc) is 2.74. The fourth-order valence-electron chi connectivity index (χ4n) is 6.68. The molecule has 4 saturated carbocycles. The third kappa shape index (κ3) is 4.38. The Morgan fingerprint density at radius 3 is 2.12 bits per heavy atom. The molecule has 0 atom stereocenters. The van der Waals surface area contributed by atoms with E-state index < -0.39 is 0 Å². The monoisotopic (exact) mass is 431 g/mol. The molecule has 4 aliphatic carbocycles. The molecule has 3 N–H and O–H groups in total. The quantitative estimate of drug-likeness (QED) is 0.569. The molecular weight excluding hydrogens is 398 g/mol. The first-order valence-corrected chi connectivity index (χ1v) is 12.0. The van der Waals surface area contributed by atoms with Crippen LogP contribution in [0.1, 0.15) is 60.9 Å². The van der Waals surface area contributed by atoms with Gasteiger partial charge in [0.15, 0.2) is 0 Å². The van der Waals surface area contributed by atoms with E-state index in [4.69, 9.17) is 0 Å². The first-order chi connectivity index (χ1) is 15.5. The summed E-state index contributed by atoms with van der Waals surface area (Å²) in [5.74, 6) is 2.38. The molecule has 2 aromatic carbocycles. The number of hydrogen-bond donors (Lipinski definition) is 3. The molecule has 168 valence electrons. The van der Waals surface area contributed by atoms with Crippen molar-refractivity contribution in [3.8, 4) is 0 Å². The lowest BCUT2D eigenvalue weighted by Crippen LogP contribution is -2.54. The average molecular weight is 432 g/mol. The highest BCUT2D eigenvalue weighted by Crippen LogP contribution is 2.56. The molecule has 0 spiro atoms. The van der Waals surface area contributed by atoms with Gasteiger partial charge in [0.05, 0.1) is 11.4 Å². The molecular formula is C27H33N3O2. The van der Waals surface area contributed by atoms with Crippen molar-refractivity contribution in [2.75, 3.05) is 17.2 Å². The summed E-state index contributed by atoms with van der Waals surface area (Å²) in [5.41, 5.74) is 3.62. The smallest absolute Gasteiger partial charge is 0.251 e. The SMILES string of the molecule is Cc1ccccc1C(=O)NCCC(=O)Nc1ccccc1NC12CC3CC(CC(C3)C1)C2. The van der Waals surface area contributed by atoms with Gasteiger partial charge in [-0.2, -0.15) is 0 Å². The minimum absolute atomic E-state index is 0.0881. The molecule has 4 fully saturated rings. The summed E-state index contributed by atoms with van der Waals surface area (Å²) in [7, 11) is 0. The third-order valence-electron chi connectivity index (χ3n) is 7.67. The van der Waals surface area contributed by atoms with E-state index in [9.17, 15) is 9.59 Å². The van der Waals surface area contributed by atoms with E-state index in [0.29, 0.717) is 12.1 Å². The lowest BCUT2D eigenvalue weighted by Gasteiger charge is -2.57. The van der Waals surface area contributed by atoms with Crippen LogP contribution in [-0.2, 0) is 4.79 Å². The van der Waals surface area contributed by atoms with Gasteiger partial charge in [0, 0.05) is 24.1 Å². The van der Waals surface area contributed by atoms with E-state index >= 15 is 0 Å². The Hall–Kier alpha value is -2.82. The van der Waals surface area contributed by atoms with Crippen molar-refractivity contribution in [2.45, 2.75) is 57.4 Å². The van der Waals surface area contributed by atoms with Crippen LogP contribution in [-0.4, -0.2) is 23.9 Å². The Labute approximate surface area is 190 Å². The fraction of sp³-hybridized carbons (Fsp3) is 0.481. The second-order valence-electron chi connectivity index (χ2n) is 10.2. The standard InChI is InChI=1S/C27H33N3O2/c1-18-6-2-3-7-22(18)26(32)28-11-10-25(31)29-23-8-4-5-9-24(23)30-27-15-19-12-20(16-27)14-21(13-19)17-27/h2-9,19-21,30H,10-17H2,1H3,(H,28,32)(H,29,31). The van der Waals surface area contributed by atoms with Gasteiger partial charge >= 0.3 is 0 Å². The maximum atomic E-state index is 12.6. The van der Waals surface area contributed by atoms with Crippen LogP contribution in [0.5, 0.6) is 0 Å². The van der Waals surface area contributed by atoms with Crippen LogP contribution in [0.2, 0.25) is 0 Å². The number of amides is 2. The van der Waals surface area contributed by atoms with Crippen LogP contribution in [0, 0.1) is 24.7 Å². The van der Waals surface area contributed by atoms with Gasteiger partial charge < -0.3 is 16.0 Å². The zero-order valence-corrected chi connectivity index (χ0v) is 18.8. The Morgan fingerprint density at radius 1 is 0.875 bits per heavy atom. The number of hydrogen-bond acceptors (Lipinski definition) is 3. The van der Waals surface area contributed by atoms with E-state index in [2.05, 4.69) is 22.0 Å². The number of benzene rings is 2. The van der Waals surface area contributed by atoms with E-state index in [0.717, 1.165) is 34.7 Å². The topological polar surface area (TPSA) is 70.2 Å². The minimum Gasteiger partial charge on any atom is -0.378 e. The molecule has 5 heteroatoms. The highest BCUT2D eigenvalue weighted by Gasteiger charge is 2.51. The largest absolute Gasteiger partial charge is 0.378 e. The molecule has 0 radical (unpaired) electrons. The number of anilines is 2. The van der Waals surface area contributed by atoms with Crippen LogP contribution in [0.4, 0.5) is 11.4 Å². The molecule has 2 amide bonds. The maximum Gasteiger partial charge on any atom is 0.251 e. The van der Waals surface area contributed by atoms with Gasteiger partial charge in [-0.15, -0.1) is 0 Å². The summed E-state index contributed by atoms with van der Waals surface area (Å²) in [4.78, 5) is 25.0. The third-order valence-corrected chi connectivity index (χ3v) is 7.67. The van der Waals surface area contributed by atoms with Crippen molar-refractivity contribution in [2.24, 2.45) is 17.8 Å². The van der Waals surface area contributed by atoms with Gasteiger partial charge in [0.2, 0.25) is 5.91 Å². The van der Waals surface area contributed by atoms with E-state index in [1.807, 2.05) is 43.3 Å². The number of para-hydroxylation sites is 2. The van der Waals surface area contributed by atoms with Gasteiger partial charge in [0.25, 0.3) is 5.91 Å². The van der Waals surface area contributed by atoms with Gasteiger partial charge in [0.1, 0.15) is 0 Å². The number of rotatable bonds is 7. The summed E-state index contributed by atoms with van der Waals surface area (Å²) in [5, 5.41) is 9.80.